The summed E-state index contributed by atoms with van der Waals surface area (Å²) in [6.45, 7) is 3.96. The van der Waals surface area contributed by atoms with Gasteiger partial charge in [-0.3, -0.25) is 0 Å². The maximum atomic E-state index is 10.8. The molecule has 1 aliphatic carbocycles. The first-order valence-electron chi connectivity index (χ1n) is 4.24. The number of rotatable bonds is 2. The van der Waals surface area contributed by atoms with Crippen LogP contribution in [0.4, 0.5) is 0 Å². The van der Waals surface area contributed by atoms with Crippen LogP contribution in [0.3, 0.4) is 0 Å². The van der Waals surface area contributed by atoms with Crippen LogP contribution in [-0.4, -0.2) is 12.6 Å². The first kappa shape index (κ1) is 9.17. The Bertz CT molecular complexity index is 220. The third-order valence-corrected chi connectivity index (χ3v) is 2.77. The molecule has 66 valence electrons. The van der Waals surface area contributed by atoms with Gasteiger partial charge in [-0.1, -0.05) is 18.6 Å². The van der Waals surface area contributed by atoms with E-state index >= 15 is 0 Å². The van der Waals surface area contributed by atoms with Crippen LogP contribution in [0.2, 0.25) is 0 Å². The highest BCUT2D eigenvalue weighted by Gasteiger charge is 2.36. The standard InChI is InChI=1S/C10H14O2/c1-8-3-4-10(6-11,7-12)9(2)5-8/h5-7,9H,3-4H2,1-2H3. The molecule has 0 spiro atoms. The Morgan fingerprint density at radius 3 is 2.50 bits per heavy atom. The van der Waals surface area contributed by atoms with Crippen LogP contribution in [0.25, 0.3) is 0 Å². The molecule has 2 heteroatoms. The van der Waals surface area contributed by atoms with Gasteiger partial charge in [0, 0.05) is 0 Å². The molecule has 0 saturated heterocycles. The fraction of sp³-hybridized carbons (Fsp3) is 0.600. The summed E-state index contributed by atoms with van der Waals surface area (Å²) in [5.74, 6) is 0.0567. The highest BCUT2D eigenvalue weighted by Crippen LogP contribution is 2.36. The van der Waals surface area contributed by atoms with Crippen LogP contribution in [-0.2, 0) is 9.59 Å². The number of carbonyl (C=O) groups excluding carboxylic acids is 2. The Hall–Kier alpha value is -0.920. The molecule has 12 heavy (non-hydrogen) atoms. The third kappa shape index (κ3) is 1.33. The molecular weight excluding hydrogens is 152 g/mol. The lowest BCUT2D eigenvalue weighted by Gasteiger charge is -2.31. The van der Waals surface area contributed by atoms with Crippen molar-refractivity contribution in [3.8, 4) is 0 Å². The molecule has 2 nitrogen and oxygen atoms in total. The van der Waals surface area contributed by atoms with Crippen molar-refractivity contribution in [3.05, 3.63) is 11.6 Å². The molecule has 1 aliphatic rings. The lowest BCUT2D eigenvalue weighted by molar-refractivity contribution is -0.129. The van der Waals surface area contributed by atoms with Crippen molar-refractivity contribution in [1.29, 1.82) is 0 Å². The molecule has 0 bridgehead atoms. The van der Waals surface area contributed by atoms with Crippen LogP contribution in [0.5, 0.6) is 0 Å². The van der Waals surface area contributed by atoms with Gasteiger partial charge in [0.15, 0.2) is 0 Å². The summed E-state index contributed by atoms with van der Waals surface area (Å²) >= 11 is 0. The molecular formula is C10H14O2. The van der Waals surface area contributed by atoms with Crippen LogP contribution in [0, 0.1) is 11.3 Å². The molecule has 0 saturated carbocycles. The highest BCUT2D eigenvalue weighted by molar-refractivity contribution is 5.84. The van der Waals surface area contributed by atoms with Crippen LogP contribution in [0.15, 0.2) is 11.6 Å². The van der Waals surface area contributed by atoms with Gasteiger partial charge in [-0.25, -0.2) is 0 Å². The topological polar surface area (TPSA) is 34.1 Å². The Kier molecular flexibility index (Phi) is 2.46. The Balaban J connectivity index is 2.94. The van der Waals surface area contributed by atoms with Gasteiger partial charge in [0.25, 0.3) is 0 Å². The van der Waals surface area contributed by atoms with E-state index in [0.717, 1.165) is 19.0 Å². The van der Waals surface area contributed by atoms with Crippen LogP contribution in [0.1, 0.15) is 26.7 Å². The molecule has 0 fully saturated rings. The van der Waals surface area contributed by atoms with Gasteiger partial charge in [0.2, 0.25) is 0 Å². The summed E-state index contributed by atoms with van der Waals surface area (Å²) in [6, 6.07) is 0. The minimum atomic E-state index is -0.737. The molecule has 1 rings (SSSR count). The van der Waals surface area contributed by atoms with E-state index in [1.165, 1.54) is 5.57 Å². The van der Waals surface area contributed by atoms with E-state index in [1.807, 2.05) is 19.9 Å². The molecule has 0 radical (unpaired) electrons. The molecule has 0 aromatic rings. The van der Waals surface area contributed by atoms with Crippen molar-refractivity contribution in [2.45, 2.75) is 26.7 Å². The zero-order valence-corrected chi connectivity index (χ0v) is 7.54. The van der Waals surface area contributed by atoms with Crippen molar-refractivity contribution in [2.24, 2.45) is 11.3 Å². The van der Waals surface area contributed by atoms with E-state index in [2.05, 4.69) is 0 Å². The highest BCUT2D eigenvalue weighted by atomic mass is 16.1. The normalized spacial score (nSPS) is 27.5. The van der Waals surface area contributed by atoms with E-state index in [4.69, 9.17) is 0 Å². The summed E-state index contributed by atoms with van der Waals surface area (Å²) in [5, 5.41) is 0. The molecule has 1 unspecified atom stereocenters. The number of allylic oxidation sites excluding steroid dienone is 2. The summed E-state index contributed by atoms with van der Waals surface area (Å²) in [7, 11) is 0. The van der Waals surface area contributed by atoms with E-state index in [0.29, 0.717) is 6.42 Å². The van der Waals surface area contributed by atoms with Crippen molar-refractivity contribution >= 4 is 12.6 Å². The zero-order chi connectivity index (χ0) is 9.19. The van der Waals surface area contributed by atoms with Crippen molar-refractivity contribution in [2.75, 3.05) is 0 Å². The van der Waals surface area contributed by atoms with Crippen LogP contribution >= 0.6 is 0 Å². The fourth-order valence-electron chi connectivity index (χ4n) is 1.67. The fourth-order valence-corrected chi connectivity index (χ4v) is 1.67. The van der Waals surface area contributed by atoms with Crippen molar-refractivity contribution in [3.63, 3.8) is 0 Å². The molecule has 0 aromatic carbocycles. The van der Waals surface area contributed by atoms with E-state index in [9.17, 15) is 9.59 Å². The molecule has 0 amide bonds. The van der Waals surface area contributed by atoms with Crippen LogP contribution < -0.4 is 0 Å². The number of aldehydes is 2. The SMILES string of the molecule is CC1=CC(C)C(C=O)(C=O)CC1. The largest absolute Gasteiger partial charge is 0.302 e. The quantitative estimate of drug-likeness (QED) is 0.356. The van der Waals surface area contributed by atoms with E-state index in [-0.39, 0.29) is 5.92 Å². The second-order valence-electron chi connectivity index (χ2n) is 3.65. The second kappa shape index (κ2) is 3.21. The maximum Gasteiger partial charge on any atom is 0.133 e. The number of carbonyl (C=O) groups is 2. The summed E-state index contributed by atoms with van der Waals surface area (Å²) < 4.78 is 0. The lowest BCUT2D eigenvalue weighted by Crippen LogP contribution is -2.33. The Labute approximate surface area is 72.7 Å². The predicted octanol–water partition coefficient (Wildman–Crippen LogP) is 1.75. The summed E-state index contributed by atoms with van der Waals surface area (Å²) in [5.41, 5.74) is 0.543. The van der Waals surface area contributed by atoms with Gasteiger partial charge in [-0.15, -0.1) is 0 Å². The molecule has 1 atom stereocenters. The minimum absolute atomic E-state index is 0.0567. The first-order chi connectivity index (χ1) is 5.64. The van der Waals surface area contributed by atoms with Gasteiger partial charge in [-0.05, 0) is 25.7 Å². The predicted molar refractivity (Wildman–Crippen MR) is 46.7 cm³/mol. The molecule has 0 aliphatic heterocycles. The van der Waals surface area contributed by atoms with Gasteiger partial charge in [0.1, 0.15) is 12.6 Å². The third-order valence-electron chi connectivity index (χ3n) is 2.77. The Morgan fingerprint density at radius 1 is 1.50 bits per heavy atom. The average Bonchev–Trinajstić information content (AvgIpc) is 2.06. The maximum absolute atomic E-state index is 10.8. The van der Waals surface area contributed by atoms with Crippen molar-refractivity contribution < 1.29 is 9.59 Å². The minimum Gasteiger partial charge on any atom is -0.302 e. The summed E-state index contributed by atoms with van der Waals surface area (Å²) in [6.07, 6.45) is 5.15. The average molecular weight is 166 g/mol. The van der Waals surface area contributed by atoms with E-state index in [1.54, 1.807) is 0 Å². The zero-order valence-electron chi connectivity index (χ0n) is 7.54. The first-order valence-corrected chi connectivity index (χ1v) is 4.24. The van der Waals surface area contributed by atoms with Gasteiger partial charge >= 0.3 is 0 Å². The smallest absolute Gasteiger partial charge is 0.133 e. The van der Waals surface area contributed by atoms with Gasteiger partial charge < -0.3 is 9.59 Å². The summed E-state index contributed by atoms with van der Waals surface area (Å²) in [4.78, 5) is 21.5. The molecule has 0 aromatic heterocycles. The van der Waals surface area contributed by atoms with E-state index < -0.39 is 5.41 Å². The number of hydrogen-bond donors (Lipinski definition) is 0. The lowest BCUT2D eigenvalue weighted by atomic mass is 9.70. The van der Waals surface area contributed by atoms with Crippen molar-refractivity contribution in [1.82, 2.24) is 0 Å². The Morgan fingerprint density at radius 2 is 2.08 bits per heavy atom. The monoisotopic (exact) mass is 166 g/mol. The number of hydrogen-bond acceptors (Lipinski definition) is 2. The molecule has 0 N–H and O–H groups in total. The van der Waals surface area contributed by atoms with Gasteiger partial charge in [-0.2, -0.15) is 0 Å². The molecule has 0 heterocycles. The van der Waals surface area contributed by atoms with Gasteiger partial charge in [0.05, 0.1) is 5.41 Å². The second-order valence-corrected chi connectivity index (χ2v) is 3.65.